The molecule has 1 aromatic heterocycles. The third kappa shape index (κ3) is 15.6. The second kappa shape index (κ2) is 22.5. The Kier molecular flexibility index (Phi) is 17.1. The van der Waals surface area contributed by atoms with Crippen LogP contribution < -0.4 is 27.0 Å². The molecular formula is C43H55N9O2. The molecule has 284 valence electrons. The lowest BCUT2D eigenvalue weighted by atomic mass is 10.1. The van der Waals surface area contributed by atoms with Crippen LogP contribution in [0, 0.1) is 6.92 Å². The van der Waals surface area contributed by atoms with Crippen LogP contribution in [0.15, 0.2) is 128 Å². The SMILES string of the molecule is CN(C)CCN(CCN(C)C)Cc1ccc(NNC(=O)c2ccccc2)cc1.Cc1cccc(C(=O)NNc2ccc(CNCc3ccccn3)cc2)c1. The number of hydrogen-bond donors (Lipinski definition) is 5. The van der Waals surface area contributed by atoms with Crippen molar-refractivity contribution in [2.45, 2.75) is 26.6 Å². The van der Waals surface area contributed by atoms with Crippen LogP contribution in [0.4, 0.5) is 11.4 Å². The summed E-state index contributed by atoms with van der Waals surface area (Å²) < 4.78 is 0. The Morgan fingerprint density at radius 2 is 1.13 bits per heavy atom. The van der Waals surface area contributed by atoms with Gasteiger partial charge in [-0.1, -0.05) is 66.2 Å². The molecule has 0 aliphatic carbocycles. The average Bonchev–Trinajstić information content (AvgIpc) is 3.19. The van der Waals surface area contributed by atoms with Crippen LogP contribution in [0.1, 0.15) is 43.1 Å². The fourth-order valence-electron chi connectivity index (χ4n) is 5.23. The smallest absolute Gasteiger partial charge is 0.269 e. The molecule has 0 saturated heterocycles. The molecule has 11 heteroatoms. The second-order valence-corrected chi connectivity index (χ2v) is 13.6. The molecule has 54 heavy (non-hydrogen) atoms. The zero-order valence-corrected chi connectivity index (χ0v) is 32.2. The predicted molar refractivity (Wildman–Crippen MR) is 220 cm³/mol. The number of rotatable bonds is 18. The van der Waals surface area contributed by atoms with Crippen molar-refractivity contribution in [3.63, 3.8) is 0 Å². The van der Waals surface area contributed by atoms with Crippen molar-refractivity contribution in [2.75, 3.05) is 65.2 Å². The van der Waals surface area contributed by atoms with E-state index in [1.807, 2.05) is 97.9 Å². The second-order valence-electron chi connectivity index (χ2n) is 13.6. The highest BCUT2D eigenvalue weighted by Gasteiger charge is 2.09. The van der Waals surface area contributed by atoms with E-state index in [4.69, 9.17) is 0 Å². The van der Waals surface area contributed by atoms with E-state index in [9.17, 15) is 9.59 Å². The number of anilines is 2. The van der Waals surface area contributed by atoms with Crippen molar-refractivity contribution >= 4 is 23.2 Å². The first-order chi connectivity index (χ1) is 26.1. The molecule has 0 bridgehead atoms. The van der Waals surface area contributed by atoms with Gasteiger partial charge in [-0.3, -0.25) is 41.2 Å². The van der Waals surface area contributed by atoms with Gasteiger partial charge in [0.1, 0.15) is 0 Å². The number of pyridine rings is 1. The molecule has 0 saturated carbocycles. The van der Waals surface area contributed by atoms with Crippen molar-refractivity contribution in [1.29, 1.82) is 0 Å². The lowest BCUT2D eigenvalue weighted by Crippen LogP contribution is -2.36. The number of carbonyl (C=O) groups is 2. The minimum atomic E-state index is -0.158. The summed E-state index contributed by atoms with van der Waals surface area (Å²) in [5.74, 6) is -0.307. The molecule has 0 radical (unpaired) electrons. The fraction of sp³-hybridized carbons (Fsp3) is 0.279. The standard InChI is InChI=1S/C22H33N5O.C21H22N4O/c1-25(2)14-16-27(17-15-26(3)4)18-19-10-12-21(13-11-19)23-24-22(28)20-8-6-5-7-9-20;1-16-5-4-6-18(13-16)21(26)25-24-19-10-8-17(9-11-19)14-22-15-20-7-2-3-12-23-20/h5-13,23H,14-18H2,1-4H3,(H,24,28);2-13,22,24H,14-15H2,1H3,(H,25,26). The fourth-order valence-corrected chi connectivity index (χ4v) is 5.23. The van der Waals surface area contributed by atoms with Crippen LogP contribution in [-0.2, 0) is 19.6 Å². The van der Waals surface area contributed by atoms with Crippen LogP contribution >= 0.6 is 0 Å². The first kappa shape index (κ1) is 41.2. The van der Waals surface area contributed by atoms with Gasteiger partial charge in [-0.2, -0.15) is 0 Å². The summed E-state index contributed by atoms with van der Waals surface area (Å²) in [6.07, 6.45) is 1.79. The molecule has 0 aliphatic rings. The number of amides is 2. The number of hydrogen-bond acceptors (Lipinski definition) is 9. The van der Waals surface area contributed by atoms with Gasteiger partial charge >= 0.3 is 0 Å². The lowest BCUT2D eigenvalue weighted by Gasteiger charge is -2.25. The zero-order valence-electron chi connectivity index (χ0n) is 32.2. The first-order valence-electron chi connectivity index (χ1n) is 18.2. The number of benzene rings is 4. The summed E-state index contributed by atoms with van der Waals surface area (Å²) >= 11 is 0. The summed E-state index contributed by atoms with van der Waals surface area (Å²) in [6, 6.07) is 38.7. The highest BCUT2D eigenvalue weighted by atomic mass is 16.2. The van der Waals surface area contributed by atoms with Gasteiger partial charge in [0, 0.05) is 63.1 Å². The predicted octanol–water partition coefficient (Wildman–Crippen LogP) is 5.81. The highest BCUT2D eigenvalue weighted by Crippen LogP contribution is 2.12. The average molecular weight is 730 g/mol. The van der Waals surface area contributed by atoms with Crippen molar-refractivity contribution in [3.8, 4) is 0 Å². The van der Waals surface area contributed by atoms with E-state index >= 15 is 0 Å². The van der Waals surface area contributed by atoms with Crippen LogP contribution in [0.2, 0.25) is 0 Å². The number of carbonyl (C=O) groups excluding carboxylic acids is 2. The van der Waals surface area contributed by atoms with E-state index in [0.717, 1.165) is 74.0 Å². The Morgan fingerprint density at radius 3 is 1.69 bits per heavy atom. The molecule has 5 N–H and O–H groups in total. The van der Waals surface area contributed by atoms with Gasteiger partial charge in [0.25, 0.3) is 11.8 Å². The minimum absolute atomic E-state index is 0.150. The molecule has 5 aromatic rings. The molecule has 5 rings (SSSR count). The summed E-state index contributed by atoms with van der Waals surface area (Å²) in [5.41, 5.74) is 18.8. The quantitative estimate of drug-likeness (QED) is 0.0714. The molecule has 1 heterocycles. The molecule has 4 aromatic carbocycles. The van der Waals surface area contributed by atoms with E-state index in [0.29, 0.717) is 11.1 Å². The topological polar surface area (TPSA) is 117 Å². The third-order valence-electron chi connectivity index (χ3n) is 8.36. The Balaban J connectivity index is 0.000000241. The van der Waals surface area contributed by atoms with Gasteiger partial charge in [-0.05, 0) is 107 Å². The number of aromatic nitrogens is 1. The molecular weight excluding hydrogens is 675 g/mol. The van der Waals surface area contributed by atoms with E-state index in [-0.39, 0.29) is 11.8 Å². The summed E-state index contributed by atoms with van der Waals surface area (Å²) in [5, 5.41) is 3.36. The maximum absolute atomic E-state index is 12.1. The summed E-state index contributed by atoms with van der Waals surface area (Å²) in [7, 11) is 8.42. The van der Waals surface area contributed by atoms with E-state index < -0.39 is 0 Å². The van der Waals surface area contributed by atoms with Crippen LogP contribution in [-0.4, -0.2) is 85.9 Å². The molecule has 2 amide bonds. The van der Waals surface area contributed by atoms with Gasteiger partial charge in [0.15, 0.2) is 0 Å². The van der Waals surface area contributed by atoms with E-state index in [2.05, 4.69) is 87.0 Å². The van der Waals surface area contributed by atoms with Crippen molar-refractivity contribution in [3.05, 3.63) is 161 Å². The molecule has 11 nitrogen and oxygen atoms in total. The molecule has 0 unspecified atom stereocenters. The monoisotopic (exact) mass is 729 g/mol. The number of nitrogens with zero attached hydrogens (tertiary/aromatic N) is 4. The largest absolute Gasteiger partial charge is 0.308 e. The Morgan fingerprint density at radius 1 is 0.574 bits per heavy atom. The van der Waals surface area contributed by atoms with Crippen molar-refractivity contribution in [1.82, 2.24) is 35.9 Å². The number of aryl methyl sites for hydroxylation is 1. The highest BCUT2D eigenvalue weighted by molar-refractivity contribution is 5.95. The van der Waals surface area contributed by atoms with Crippen LogP contribution in [0.3, 0.4) is 0 Å². The summed E-state index contributed by atoms with van der Waals surface area (Å²) in [6.45, 7) is 8.52. The molecule has 0 aliphatic heterocycles. The van der Waals surface area contributed by atoms with Crippen LogP contribution in [0.5, 0.6) is 0 Å². The van der Waals surface area contributed by atoms with Gasteiger partial charge in [-0.15, -0.1) is 0 Å². The molecule has 0 atom stereocenters. The first-order valence-corrected chi connectivity index (χ1v) is 18.2. The minimum Gasteiger partial charge on any atom is -0.308 e. The zero-order chi connectivity index (χ0) is 38.5. The van der Waals surface area contributed by atoms with Crippen molar-refractivity contribution in [2.24, 2.45) is 0 Å². The number of nitrogens with one attached hydrogen (secondary N) is 5. The Bertz CT molecular complexity index is 1810. The van der Waals surface area contributed by atoms with Gasteiger partial charge in [-0.25, -0.2) is 0 Å². The van der Waals surface area contributed by atoms with Crippen LogP contribution in [0.25, 0.3) is 0 Å². The normalized spacial score (nSPS) is 10.8. The van der Waals surface area contributed by atoms with E-state index in [1.165, 1.54) is 5.56 Å². The number of hydrazine groups is 2. The van der Waals surface area contributed by atoms with Gasteiger partial charge in [0.2, 0.25) is 0 Å². The van der Waals surface area contributed by atoms with Gasteiger partial charge < -0.3 is 15.1 Å². The molecule has 0 spiro atoms. The van der Waals surface area contributed by atoms with Gasteiger partial charge in [0.05, 0.1) is 17.1 Å². The third-order valence-corrected chi connectivity index (χ3v) is 8.36. The maximum atomic E-state index is 12.1. The molecule has 0 fully saturated rings. The number of likely N-dealkylation sites (N-methyl/N-ethyl adjacent to an activating group) is 2. The van der Waals surface area contributed by atoms with Crippen molar-refractivity contribution < 1.29 is 9.59 Å². The Hall–Kier alpha value is -5.59. The maximum Gasteiger partial charge on any atom is 0.269 e. The summed E-state index contributed by atoms with van der Waals surface area (Å²) in [4.78, 5) is 35.4. The van der Waals surface area contributed by atoms with E-state index in [1.54, 1.807) is 24.4 Å². The lowest BCUT2D eigenvalue weighted by molar-refractivity contribution is 0.0954. The Labute approximate surface area is 320 Å².